The summed E-state index contributed by atoms with van der Waals surface area (Å²) in [4.78, 5) is 0. The summed E-state index contributed by atoms with van der Waals surface area (Å²) in [6.45, 7) is 6.43. The van der Waals surface area contributed by atoms with E-state index in [-0.39, 0.29) is 0 Å². The second kappa shape index (κ2) is 4.47. The van der Waals surface area contributed by atoms with Crippen LogP contribution in [0.5, 0.6) is 0 Å². The second-order valence-corrected chi connectivity index (χ2v) is 5.76. The lowest BCUT2D eigenvalue weighted by atomic mass is 10.1. The van der Waals surface area contributed by atoms with Gasteiger partial charge in [-0.25, -0.2) is 0 Å². The number of aromatic nitrogens is 2. The van der Waals surface area contributed by atoms with Crippen molar-refractivity contribution in [1.82, 2.24) is 10.2 Å². The van der Waals surface area contributed by atoms with Crippen LogP contribution in [-0.2, 0) is 0 Å². The van der Waals surface area contributed by atoms with Gasteiger partial charge in [0.1, 0.15) is 0 Å². The molecule has 2 N–H and O–H groups in total. The van der Waals surface area contributed by atoms with Gasteiger partial charge in [0.15, 0.2) is 0 Å². The van der Waals surface area contributed by atoms with Gasteiger partial charge in [0, 0.05) is 11.3 Å². The predicted octanol–water partition coefficient (Wildman–Crippen LogP) is 2.72. The molecule has 84 valence electrons. The van der Waals surface area contributed by atoms with Crippen LogP contribution in [0.3, 0.4) is 0 Å². The van der Waals surface area contributed by atoms with E-state index in [0.29, 0.717) is 11.3 Å². The molecule has 1 fully saturated rings. The number of anilines is 1. The molecule has 1 aliphatic rings. The van der Waals surface area contributed by atoms with E-state index in [9.17, 15) is 0 Å². The average Bonchev–Trinajstić information content (AvgIpc) is 2.53. The Morgan fingerprint density at radius 2 is 2.27 bits per heavy atom. The first-order chi connectivity index (χ1) is 7.18. The van der Waals surface area contributed by atoms with Gasteiger partial charge in [-0.2, -0.15) is 16.9 Å². The number of thioether (sulfide) groups is 1. The summed E-state index contributed by atoms with van der Waals surface area (Å²) >= 11 is 2.07. The number of nitrogens with zero attached hydrogens (tertiary/aromatic N) is 1. The summed E-state index contributed by atoms with van der Waals surface area (Å²) in [5, 5.41) is 11.6. The molecule has 1 aromatic rings. The van der Waals surface area contributed by atoms with Crippen LogP contribution < -0.4 is 5.32 Å². The highest BCUT2D eigenvalue weighted by atomic mass is 32.2. The van der Waals surface area contributed by atoms with Crippen LogP contribution >= 0.6 is 11.8 Å². The number of nitrogens with one attached hydrogen (secondary N) is 2. The van der Waals surface area contributed by atoms with Gasteiger partial charge in [0.05, 0.1) is 17.1 Å². The van der Waals surface area contributed by atoms with Crippen molar-refractivity contribution in [2.45, 2.75) is 44.9 Å². The van der Waals surface area contributed by atoms with Crippen molar-refractivity contribution in [3.63, 3.8) is 0 Å². The van der Waals surface area contributed by atoms with Crippen molar-refractivity contribution in [2.75, 3.05) is 11.1 Å². The summed E-state index contributed by atoms with van der Waals surface area (Å²) in [7, 11) is 0. The molecule has 0 spiro atoms. The van der Waals surface area contributed by atoms with Crippen LogP contribution in [-0.4, -0.2) is 27.2 Å². The fraction of sp³-hybridized carbons (Fsp3) is 0.727. The topological polar surface area (TPSA) is 40.7 Å². The quantitative estimate of drug-likeness (QED) is 0.813. The maximum atomic E-state index is 4.21. The molecule has 15 heavy (non-hydrogen) atoms. The van der Waals surface area contributed by atoms with Crippen molar-refractivity contribution < 1.29 is 0 Å². The Morgan fingerprint density at radius 1 is 1.47 bits per heavy atom. The molecule has 1 aromatic heterocycles. The van der Waals surface area contributed by atoms with E-state index >= 15 is 0 Å². The first-order valence-electron chi connectivity index (χ1n) is 5.58. The molecule has 3 nitrogen and oxygen atoms in total. The lowest BCUT2D eigenvalue weighted by molar-refractivity contribution is 0.617. The molecule has 1 saturated heterocycles. The van der Waals surface area contributed by atoms with E-state index in [1.54, 1.807) is 0 Å². The molecule has 0 aromatic carbocycles. The van der Waals surface area contributed by atoms with Gasteiger partial charge < -0.3 is 5.32 Å². The van der Waals surface area contributed by atoms with Gasteiger partial charge >= 0.3 is 0 Å². The van der Waals surface area contributed by atoms with Gasteiger partial charge in [-0.05, 0) is 32.4 Å². The minimum Gasteiger partial charge on any atom is -0.378 e. The van der Waals surface area contributed by atoms with Gasteiger partial charge in [-0.3, -0.25) is 5.10 Å². The standard InChI is InChI=1S/C11H19N3S/c1-7-11(8(2)14-13-7)12-10-5-4-6-15-9(10)3/h9-10,12H,4-6H2,1-3H3,(H,13,14). The number of rotatable bonds is 2. The highest BCUT2D eigenvalue weighted by Crippen LogP contribution is 2.29. The molecule has 2 rings (SSSR count). The maximum absolute atomic E-state index is 4.21. The molecular formula is C11H19N3S. The highest BCUT2D eigenvalue weighted by Gasteiger charge is 2.22. The van der Waals surface area contributed by atoms with Gasteiger partial charge in [0.2, 0.25) is 0 Å². The van der Waals surface area contributed by atoms with E-state index in [1.165, 1.54) is 24.3 Å². The third-order valence-electron chi connectivity index (χ3n) is 3.06. The largest absolute Gasteiger partial charge is 0.378 e. The Hall–Kier alpha value is -0.640. The molecule has 2 atom stereocenters. The van der Waals surface area contributed by atoms with Crippen LogP contribution in [0.4, 0.5) is 5.69 Å². The molecule has 0 saturated carbocycles. The minimum absolute atomic E-state index is 0.596. The zero-order chi connectivity index (χ0) is 10.8. The van der Waals surface area contributed by atoms with Crippen LogP contribution in [0.15, 0.2) is 0 Å². The molecular weight excluding hydrogens is 206 g/mol. The molecule has 2 unspecified atom stereocenters. The van der Waals surface area contributed by atoms with E-state index in [2.05, 4.69) is 41.1 Å². The van der Waals surface area contributed by atoms with Crippen LogP contribution in [0.2, 0.25) is 0 Å². The monoisotopic (exact) mass is 225 g/mol. The maximum Gasteiger partial charge on any atom is 0.0825 e. The molecule has 0 bridgehead atoms. The molecule has 0 radical (unpaired) electrons. The molecule has 4 heteroatoms. The third kappa shape index (κ3) is 2.30. The Bertz CT molecular complexity index is 315. The highest BCUT2D eigenvalue weighted by molar-refractivity contribution is 8.00. The van der Waals surface area contributed by atoms with Crippen LogP contribution in [0.1, 0.15) is 31.2 Å². The summed E-state index contributed by atoms with van der Waals surface area (Å²) < 4.78 is 0. The predicted molar refractivity (Wildman–Crippen MR) is 66.6 cm³/mol. The Balaban J connectivity index is 2.07. The molecule has 0 amide bonds. The van der Waals surface area contributed by atoms with E-state index in [0.717, 1.165) is 11.4 Å². The minimum atomic E-state index is 0.596. The first-order valence-corrected chi connectivity index (χ1v) is 6.63. The van der Waals surface area contributed by atoms with Crippen molar-refractivity contribution in [2.24, 2.45) is 0 Å². The summed E-state index contributed by atoms with van der Waals surface area (Å²) in [6.07, 6.45) is 2.60. The number of H-pyrrole nitrogens is 1. The second-order valence-electron chi connectivity index (χ2n) is 4.28. The fourth-order valence-electron chi connectivity index (χ4n) is 2.06. The Morgan fingerprint density at radius 3 is 2.87 bits per heavy atom. The molecule has 2 heterocycles. The zero-order valence-corrected chi connectivity index (χ0v) is 10.4. The average molecular weight is 225 g/mol. The number of hydrogen-bond acceptors (Lipinski definition) is 3. The Labute approximate surface area is 95.4 Å². The van der Waals surface area contributed by atoms with E-state index in [1.807, 2.05) is 6.92 Å². The lowest BCUT2D eigenvalue weighted by Crippen LogP contribution is -2.33. The Kier molecular flexibility index (Phi) is 3.24. The normalized spacial score (nSPS) is 26.6. The third-order valence-corrected chi connectivity index (χ3v) is 4.44. The van der Waals surface area contributed by atoms with Crippen LogP contribution in [0, 0.1) is 13.8 Å². The number of aromatic amines is 1. The van der Waals surface area contributed by atoms with E-state index < -0.39 is 0 Å². The van der Waals surface area contributed by atoms with Crippen molar-refractivity contribution in [1.29, 1.82) is 0 Å². The van der Waals surface area contributed by atoms with Gasteiger partial charge in [0.25, 0.3) is 0 Å². The van der Waals surface area contributed by atoms with Crippen molar-refractivity contribution >= 4 is 17.4 Å². The summed E-state index contributed by atoms with van der Waals surface area (Å²) in [5.41, 5.74) is 3.43. The fourth-order valence-corrected chi connectivity index (χ4v) is 3.20. The summed E-state index contributed by atoms with van der Waals surface area (Å²) in [5.74, 6) is 1.31. The lowest BCUT2D eigenvalue weighted by Gasteiger charge is -2.30. The zero-order valence-electron chi connectivity index (χ0n) is 9.63. The SMILES string of the molecule is Cc1n[nH]c(C)c1NC1CCCSC1C. The van der Waals surface area contributed by atoms with Crippen molar-refractivity contribution in [3.8, 4) is 0 Å². The van der Waals surface area contributed by atoms with Crippen molar-refractivity contribution in [3.05, 3.63) is 11.4 Å². The molecule has 1 aliphatic heterocycles. The number of hydrogen-bond donors (Lipinski definition) is 2. The first kappa shape index (κ1) is 10.9. The van der Waals surface area contributed by atoms with E-state index in [4.69, 9.17) is 0 Å². The van der Waals surface area contributed by atoms with Crippen LogP contribution in [0.25, 0.3) is 0 Å². The summed E-state index contributed by atoms with van der Waals surface area (Å²) in [6, 6.07) is 0.596. The smallest absolute Gasteiger partial charge is 0.0825 e. The number of aryl methyl sites for hydroxylation is 2. The van der Waals surface area contributed by atoms with Gasteiger partial charge in [-0.1, -0.05) is 6.92 Å². The van der Waals surface area contributed by atoms with Gasteiger partial charge in [-0.15, -0.1) is 0 Å². The molecule has 0 aliphatic carbocycles.